The highest BCUT2D eigenvalue weighted by Crippen LogP contribution is 2.16. The van der Waals surface area contributed by atoms with Crippen LogP contribution in [0.1, 0.15) is 6.42 Å². The molecule has 2 aromatic carbocycles. The van der Waals surface area contributed by atoms with E-state index in [0.29, 0.717) is 11.6 Å². The normalized spacial score (nSPS) is 15.3. The molecule has 1 heterocycles. The Morgan fingerprint density at radius 3 is 2.28 bits per heavy atom. The van der Waals surface area contributed by atoms with Crippen LogP contribution in [0.15, 0.2) is 59.5 Å². The summed E-state index contributed by atoms with van der Waals surface area (Å²) in [5.41, 5.74) is 1.25. The van der Waals surface area contributed by atoms with Crippen molar-refractivity contribution in [2.45, 2.75) is 11.3 Å². The van der Waals surface area contributed by atoms with Crippen LogP contribution in [-0.2, 0) is 14.6 Å². The highest BCUT2D eigenvalue weighted by Gasteiger charge is 2.20. The highest BCUT2D eigenvalue weighted by atomic mass is 35.5. The minimum Gasteiger partial charge on any atom is -0.369 e. The average Bonchev–Trinajstić information content (AvgIpc) is 2.72. The fraction of sp³-hybridized carbons (Fsp3) is 0.381. The van der Waals surface area contributed by atoms with Crippen molar-refractivity contribution in [1.82, 2.24) is 10.2 Å². The number of halogens is 1. The van der Waals surface area contributed by atoms with Crippen molar-refractivity contribution in [3.63, 3.8) is 0 Å². The van der Waals surface area contributed by atoms with Gasteiger partial charge in [-0.1, -0.05) is 29.8 Å². The average molecular weight is 436 g/mol. The van der Waals surface area contributed by atoms with Crippen molar-refractivity contribution in [1.29, 1.82) is 0 Å². The Hall–Kier alpha value is -2.09. The molecule has 1 aliphatic heterocycles. The Labute approximate surface area is 177 Å². The van der Waals surface area contributed by atoms with Gasteiger partial charge in [-0.15, -0.1) is 0 Å². The lowest BCUT2D eigenvalue weighted by Gasteiger charge is -2.36. The maximum atomic E-state index is 12.3. The lowest BCUT2D eigenvalue weighted by Crippen LogP contribution is -2.47. The van der Waals surface area contributed by atoms with Gasteiger partial charge in [-0.25, -0.2) is 8.42 Å². The molecule has 0 bridgehead atoms. The molecule has 156 valence electrons. The Morgan fingerprint density at radius 1 is 0.966 bits per heavy atom. The number of benzene rings is 2. The van der Waals surface area contributed by atoms with Gasteiger partial charge in [0.05, 0.1) is 4.90 Å². The number of rotatable bonds is 8. The predicted octanol–water partition coefficient (Wildman–Crippen LogP) is 2.44. The van der Waals surface area contributed by atoms with Gasteiger partial charge in [-0.2, -0.15) is 0 Å². The third kappa shape index (κ3) is 6.45. The van der Waals surface area contributed by atoms with Crippen LogP contribution in [0.3, 0.4) is 0 Å². The molecule has 0 spiro atoms. The van der Waals surface area contributed by atoms with E-state index < -0.39 is 21.5 Å². The second-order valence-electron chi connectivity index (χ2n) is 7.08. The van der Waals surface area contributed by atoms with E-state index in [2.05, 4.69) is 39.4 Å². The van der Waals surface area contributed by atoms with E-state index >= 15 is 0 Å². The minimum atomic E-state index is -3.65. The molecular weight excluding hydrogens is 410 g/mol. The molecule has 0 aromatic heterocycles. The van der Waals surface area contributed by atoms with Gasteiger partial charge in [0, 0.05) is 43.4 Å². The van der Waals surface area contributed by atoms with E-state index in [-0.39, 0.29) is 4.90 Å². The number of carbonyl (C=O) groups is 1. The lowest BCUT2D eigenvalue weighted by atomic mass is 10.2. The number of para-hydroxylation sites is 1. The number of piperazine rings is 1. The van der Waals surface area contributed by atoms with Gasteiger partial charge in [0.15, 0.2) is 9.84 Å². The topological polar surface area (TPSA) is 69.7 Å². The molecule has 1 fully saturated rings. The monoisotopic (exact) mass is 435 g/mol. The number of carbonyl (C=O) groups excluding carboxylic acids is 1. The summed E-state index contributed by atoms with van der Waals surface area (Å²) in [5, 5.41) is 3.17. The molecule has 3 rings (SSSR count). The second kappa shape index (κ2) is 10.1. The van der Waals surface area contributed by atoms with Crippen LogP contribution >= 0.6 is 11.6 Å². The number of nitrogens with zero attached hydrogens (tertiary/aromatic N) is 2. The minimum absolute atomic E-state index is 0.105. The summed E-state index contributed by atoms with van der Waals surface area (Å²) in [6.45, 7) is 5.27. The molecule has 1 saturated heterocycles. The molecule has 29 heavy (non-hydrogen) atoms. The number of anilines is 1. The molecule has 1 aliphatic rings. The van der Waals surface area contributed by atoms with Gasteiger partial charge >= 0.3 is 0 Å². The molecule has 2 aromatic rings. The first-order chi connectivity index (χ1) is 13.9. The largest absolute Gasteiger partial charge is 0.369 e. The standard InChI is InChI=1S/C21H26ClN3O3S/c22-18-7-9-20(10-8-18)29(27,28)17-21(26)23-11-4-12-24-13-15-25(16-14-24)19-5-2-1-3-6-19/h1-3,5-10H,4,11-17H2,(H,23,26). The number of hydrogen-bond acceptors (Lipinski definition) is 5. The van der Waals surface area contributed by atoms with E-state index in [1.54, 1.807) is 0 Å². The van der Waals surface area contributed by atoms with Crippen LogP contribution in [-0.4, -0.2) is 64.2 Å². The van der Waals surface area contributed by atoms with Crippen LogP contribution < -0.4 is 10.2 Å². The third-order valence-corrected chi connectivity index (χ3v) is 6.85. The van der Waals surface area contributed by atoms with Gasteiger partial charge < -0.3 is 10.2 Å². The Kier molecular flexibility index (Phi) is 7.52. The summed E-state index contributed by atoms with van der Waals surface area (Å²) in [6.07, 6.45) is 0.790. The smallest absolute Gasteiger partial charge is 0.235 e. The maximum Gasteiger partial charge on any atom is 0.235 e. The van der Waals surface area contributed by atoms with E-state index in [1.807, 2.05) is 6.07 Å². The predicted molar refractivity (Wildman–Crippen MR) is 116 cm³/mol. The van der Waals surface area contributed by atoms with Gasteiger partial charge in [0.1, 0.15) is 5.75 Å². The molecule has 6 nitrogen and oxygen atoms in total. The molecule has 0 aliphatic carbocycles. The number of nitrogens with one attached hydrogen (secondary N) is 1. The summed E-state index contributed by atoms with van der Waals surface area (Å²) in [6, 6.07) is 16.2. The fourth-order valence-corrected chi connectivity index (χ4v) is 4.64. The first-order valence-corrected chi connectivity index (χ1v) is 11.7. The molecular formula is C21H26ClN3O3S. The Balaban J connectivity index is 1.34. The van der Waals surface area contributed by atoms with E-state index in [0.717, 1.165) is 39.1 Å². The molecule has 1 amide bonds. The van der Waals surface area contributed by atoms with Crippen molar-refractivity contribution in [2.75, 3.05) is 49.9 Å². The Morgan fingerprint density at radius 2 is 1.62 bits per heavy atom. The zero-order valence-corrected chi connectivity index (χ0v) is 17.8. The van der Waals surface area contributed by atoms with Gasteiger partial charge in [0.25, 0.3) is 0 Å². The van der Waals surface area contributed by atoms with Crippen LogP contribution in [0, 0.1) is 0 Å². The van der Waals surface area contributed by atoms with Gasteiger partial charge in [-0.05, 0) is 49.4 Å². The van der Waals surface area contributed by atoms with Crippen molar-refractivity contribution >= 4 is 33.0 Å². The first-order valence-electron chi connectivity index (χ1n) is 9.71. The lowest BCUT2D eigenvalue weighted by molar-refractivity contribution is -0.118. The Bertz CT molecular complexity index is 897. The maximum absolute atomic E-state index is 12.3. The van der Waals surface area contributed by atoms with Crippen molar-refractivity contribution in [3.8, 4) is 0 Å². The van der Waals surface area contributed by atoms with Crippen molar-refractivity contribution in [3.05, 3.63) is 59.6 Å². The molecule has 0 saturated carbocycles. The zero-order chi connectivity index (χ0) is 20.7. The molecule has 0 atom stereocenters. The zero-order valence-electron chi connectivity index (χ0n) is 16.3. The molecule has 0 unspecified atom stereocenters. The second-order valence-corrected chi connectivity index (χ2v) is 9.51. The fourth-order valence-electron chi connectivity index (χ4n) is 3.35. The van der Waals surface area contributed by atoms with E-state index in [4.69, 9.17) is 11.6 Å². The summed E-state index contributed by atoms with van der Waals surface area (Å²) < 4.78 is 24.5. The van der Waals surface area contributed by atoms with Crippen LogP contribution in [0.5, 0.6) is 0 Å². The summed E-state index contributed by atoms with van der Waals surface area (Å²) in [5.74, 6) is -1.03. The van der Waals surface area contributed by atoms with Gasteiger partial charge in [0.2, 0.25) is 5.91 Å². The SMILES string of the molecule is O=C(CS(=O)(=O)c1ccc(Cl)cc1)NCCCN1CCN(c2ccccc2)CC1. The molecule has 0 radical (unpaired) electrons. The molecule has 8 heteroatoms. The van der Waals surface area contributed by atoms with Crippen LogP contribution in [0.25, 0.3) is 0 Å². The summed E-state index contributed by atoms with van der Waals surface area (Å²) in [4.78, 5) is 16.9. The number of sulfone groups is 1. The summed E-state index contributed by atoms with van der Waals surface area (Å²) in [7, 11) is -3.65. The van der Waals surface area contributed by atoms with Crippen LogP contribution in [0.4, 0.5) is 5.69 Å². The molecule has 1 N–H and O–H groups in total. The third-order valence-electron chi connectivity index (χ3n) is 4.96. The van der Waals surface area contributed by atoms with Crippen molar-refractivity contribution in [2.24, 2.45) is 0 Å². The van der Waals surface area contributed by atoms with E-state index in [9.17, 15) is 13.2 Å². The van der Waals surface area contributed by atoms with Crippen LogP contribution in [0.2, 0.25) is 5.02 Å². The quantitative estimate of drug-likeness (QED) is 0.645. The van der Waals surface area contributed by atoms with Crippen molar-refractivity contribution < 1.29 is 13.2 Å². The summed E-state index contributed by atoms with van der Waals surface area (Å²) >= 11 is 5.77. The van der Waals surface area contributed by atoms with E-state index in [1.165, 1.54) is 30.0 Å². The number of hydrogen-bond donors (Lipinski definition) is 1. The first kappa shape index (κ1) is 21.6. The highest BCUT2D eigenvalue weighted by molar-refractivity contribution is 7.92. The van der Waals surface area contributed by atoms with Gasteiger partial charge in [-0.3, -0.25) is 9.69 Å². The number of amides is 1.